The van der Waals surface area contributed by atoms with E-state index >= 15 is 0 Å². The van der Waals surface area contributed by atoms with Crippen molar-refractivity contribution in [2.24, 2.45) is 5.92 Å². The number of rotatable bonds is 6. The summed E-state index contributed by atoms with van der Waals surface area (Å²) in [6.07, 6.45) is 0. The predicted octanol–water partition coefficient (Wildman–Crippen LogP) is 0.698. The maximum atomic E-state index is 12.4. The van der Waals surface area contributed by atoms with Crippen LogP contribution in [0.25, 0.3) is 0 Å². The van der Waals surface area contributed by atoms with E-state index in [4.69, 9.17) is 4.42 Å². The van der Waals surface area contributed by atoms with Crippen molar-refractivity contribution in [3.05, 3.63) is 23.7 Å². The monoisotopic (exact) mass is 265 g/mol. The fraction of sp³-hybridized carbons (Fsp3) is 0.643. The molecule has 0 saturated carbocycles. The summed E-state index contributed by atoms with van der Waals surface area (Å²) in [7, 11) is 4.04. The molecular weight excluding hydrogens is 242 g/mol. The average Bonchev–Trinajstić information content (AvgIpc) is 2.67. The number of carbonyl (C=O) groups excluding carboxylic acids is 1. The Morgan fingerprint density at radius 2 is 2.11 bits per heavy atom. The zero-order valence-corrected chi connectivity index (χ0v) is 12.0. The molecular formula is C14H23N3O2. The zero-order valence-electron chi connectivity index (χ0n) is 12.0. The van der Waals surface area contributed by atoms with Crippen molar-refractivity contribution in [3.8, 4) is 0 Å². The second-order valence-electron chi connectivity index (χ2n) is 5.43. The molecule has 2 heterocycles. The molecule has 0 aromatic carbocycles. The van der Waals surface area contributed by atoms with Gasteiger partial charge in [0.15, 0.2) is 0 Å². The number of carbonyl (C=O) groups is 1. The van der Waals surface area contributed by atoms with Crippen LogP contribution >= 0.6 is 0 Å². The van der Waals surface area contributed by atoms with Crippen LogP contribution in [0.3, 0.4) is 0 Å². The highest BCUT2D eigenvalue weighted by Gasteiger charge is 2.29. The Morgan fingerprint density at radius 3 is 2.58 bits per heavy atom. The van der Waals surface area contributed by atoms with E-state index in [1.54, 1.807) is 0 Å². The highest BCUT2D eigenvalue weighted by Crippen LogP contribution is 2.14. The van der Waals surface area contributed by atoms with Gasteiger partial charge in [-0.15, -0.1) is 0 Å². The topological polar surface area (TPSA) is 48.7 Å². The number of likely N-dealkylation sites (N-methyl/N-ethyl adjacent to an activating group) is 1. The lowest BCUT2D eigenvalue weighted by atomic mass is 10.0. The van der Waals surface area contributed by atoms with Crippen LogP contribution in [0.15, 0.2) is 16.5 Å². The SMILES string of the molecule is Cc1ccc(CN(CCN(C)C)C(=O)C2CNC2)o1. The first-order valence-corrected chi connectivity index (χ1v) is 6.76. The molecule has 0 spiro atoms. The molecule has 1 aliphatic rings. The van der Waals surface area contributed by atoms with E-state index < -0.39 is 0 Å². The van der Waals surface area contributed by atoms with Crippen LogP contribution in [0.4, 0.5) is 0 Å². The Balaban J connectivity index is 1.98. The molecule has 19 heavy (non-hydrogen) atoms. The fourth-order valence-corrected chi connectivity index (χ4v) is 2.07. The Hall–Kier alpha value is -1.33. The summed E-state index contributed by atoms with van der Waals surface area (Å²) in [6, 6.07) is 3.89. The van der Waals surface area contributed by atoms with Gasteiger partial charge in [-0.25, -0.2) is 0 Å². The molecule has 1 aromatic heterocycles. The van der Waals surface area contributed by atoms with Gasteiger partial charge in [0.1, 0.15) is 11.5 Å². The quantitative estimate of drug-likeness (QED) is 0.822. The Kier molecular flexibility index (Phi) is 4.61. The summed E-state index contributed by atoms with van der Waals surface area (Å²) in [5, 5.41) is 3.15. The van der Waals surface area contributed by atoms with Crippen molar-refractivity contribution in [3.63, 3.8) is 0 Å². The van der Waals surface area contributed by atoms with Crippen molar-refractivity contribution >= 4 is 5.91 Å². The number of aryl methyl sites for hydroxylation is 1. The summed E-state index contributed by atoms with van der Waals surface area (Å²) in [5.41, 5.74) is 0. The van der Waals surface area contributed by atoms with E-state index in [0.717, 1.165) is 37.7 Å². The fourth-order valence-electron chi connectivity index (χ4n) is 2.07. The first-order chi connectivity index (χ1) is 9.06. The van der Waals surface area contributed by atoms with Gasteiger partial charge in [-0.1, -0.05) is 0 Å². The van der Waals surface area contributed by atoms with Crippen LogP contribution in [0, 0.1) is 12.8 Å². The van der Waals surface area contributed by atoms with E-state index in [0.29, 0.717) is 6.54 Å². The van der Waals surface area contributed by atoms with Gasteiger partial charge >= 0.3 is 0 Å². The largest absolute Gasteiger partial charge is 0.464 e. The number of furan rings is 1. The standard InChI is InChI=1S/C14H23N3O2/c1-11-4-5-13(19-11)10-17(7-6-16(2)3)14(18)12-8-15-9-12/h4-5,12,15H,6-10H2,1-3H3. The minimum Gasteiger partial charge on any atom is -0.464 e. The molecule has 1 N–H and O–H groups in total. The van der Waals surface area contributed by atoms with Gasteiger partial charge < -0.3 is 19.5 Å². The molecule has 0 atom stereocenters. The van der Waals surface area contributed by atoms with Gasteiger partial charge in [0.25, 0.3) is 0 Å². The minimum absolute atomic E-state index is 0.137. The van der Waals surface area contributed by atoms with E-state index in [-0.39, 0.29) is 11.8 Å². The summed E-state index contributed by atoms with van der Waals surface area (Å²) in [5.74, 6) is 2.12. The predicted molar refractivity (Wildman–Crippen MR) is 73.8 cm³/mol. The Morgan fingerprint density at radius 1 is 1.37 bits per heavy atom. The van der Waals surface area contributed by atoms with Crippen molar-refractivity contribution < 1.29 is 9.21 Å². The van der Waals surface area contributed by atoms with Crippen molar-refractivity contribution in [2.45, 2.75) is 13.5 Å². The van der Waals surface area contributed by atoms with Gasteiger partial charge in [0.2, 0.25) is 5.91 Å². The minimum atomic E-state index is 0.137. The van der Waals surface area contributed by atoms with Crippen LogP contribution in [-0.2, 0) is 11.3 Å². The first-order valence-electron chi connectivity index (χ1n) is 6.76. The molecule has 0 bridgehead atoms. The zero-order chi connectivity index (χ0) is 13.8. The molecule has 1 aromatic rings. The van der Waals surface area contributed by atoms with E-state index in [1.807, 2.05) is 38.1 Å². The number of nitrogens with zero attached hydrogens (tertiary/aromatic N) is 2. The van der Waals surface area contributed by atoms with Crippen molar-refractivity contribution in [2.75, 3.05) is 40.3 Å². The van der Waals surface area contributed by atoms with Crippen LogP contribution in [0.5, 0.6) is 0 Å². The molecule has 5 nitrogen and oxygen atoms in total. The summed E-state index contributed by atoms with van der Waals surface area (Å²) >= 11 is 0. The second kappa shape index (κ2) is 6.21. The third kappa shape index (κ3) is 3.81. The molecule has 1 amide bonds. The maximum absolute atomic E-state index is 12.4. The lowest BCUT2D eigenvalue weighted by Gasteiger charge is -2.32. The van der Waals surface area contributed by atoms with Gasteiger partial charge in [-0.2, -0.15) is 0 Å². The Bertz CT molecular complexity index is 424. The lowest BCUT2D eigenvalue weighted by molar-refractivity contribution is -0.138. The highest BCUT2D eigenvalue weighted by molar-refractivity contribution is 5.80. The first kappa shape index (κ1) is 14.1. The van der Waals surface area contributed by atoms with Gasteiger partial charge in [-0.3, -0.25) is 4.79 Å². The highest BCUT2D eigenvalue weighted by atomic mass is 16.3. The van der Waals surface area contributed by atoms with Crippen LogP contribution < -0.4 is 5.32 Å². The van der Waals surface area contributed by atoms with Gasteiger partial charge in [0, 0.05) is 26.2 Å². The maximum Gasteiger partial charge on any atom is 0.228 e. The molecule has 106 valence electrons. The molecule has 0 aliphatic carbocycles. The molecule has 5 heteroatoms. The summed E-state index contributed by atoms with van der Waals surface area (Å²) < 4.78 is 5.58. The lowest BCUT2D eigenvalue weighted by Crippen LogP contribution is -2.52. The number of amides is 1. The summed E-state index contributed by atoms with van der Waals surface area (Å²) in [6.45, 7) is 5.69. The normalized spacial score (nSPS) is 15.6. The number of hydrogen-bond acceptors (Lipinski definition) is 4. The molecule has 0 unspecified atom stereocenters. The van der Waals surface area contributed by atoms with E-state index in [9.17, 15) is 4.79 Å². The molecule has 0 radical (unpaired) electrons. The summed E-state index contributed by atoms with van der Waals surface area (Å²) in [4.78, 5) is 16.4. The molecule has 2 rings (SSSR count). The third-order valence-electron chi connectivity index (χ3n) is 3.40. The molecule has 1 fully saturated rings. The van der Waals surface area contributed by atoms with Crippen LogP contribution in [0.2, 0.25) is 0 Å². The van der Waals surface area contributed by atoms with Gasteiger partial charge in [0.05, 0.1) is 12.5 Å². The van der Waals surface area contributed by atoms with Gasteiger partial charge in [-0.05, 0) is 33.2 Å². The Labute approximate surface area is 114 Å². The number of nitrogens with one attached hydrogen (secondary N) is 1. The second-order valence-corrected chi connectivity index (χ2v) is 5.43. The van der Waals surface area contributed by atoms with Crippen LogP contribution in [-0.4, -0.2) is 56.0 Å². The third-order valence-corrected chi connectivity index (χ3v) is 3.40. The average molecular weight is 265 g/mol. The van der Waals surface area contributed by atoms with Crippen molar-refractivity contribution in [1.29, 1.82) is 0 Å². The van der Waals surface area contributed by atoms with E-state index in [2.05, 4.69) is 10.2 Å². The molecule has 1 aliphatic heterocycles. The number of hydrogen-bond donors (Lipinski definition) is 1. The molecule has 1 saturated heterocycles. The smallest absolute Gasteiger partial charge is 0.228 e. The van der Waals surface area contributed by atoms with Crippen LogP contribution in [0.1, 0.15) is 11.5 Å². The van der Waals surface area contributed by atoms with Crippen molar-refractivity contribution in [1.82, 2.24) is 15.1 Å². The van der Waals surface area contributed by atoms with E-state index in [1.165, 1.54) is 0 Å².